The molecule has 0 bridgehead atoms. The van der Waals surface area contributed by atoms with Crippen molar-refractivity contribution in [1.29, 1.82) is 0 Å². The Morgan fingerprint density at radius 1 is 1.28 bits per heavy atom. The molecule has 1 N–H and O–H groups in total. The van der Waals surface area contributed by atoms with Crippen molar-refractivity contribution in [2.24, 2.45) is 0 Å². The van der Waals surface area contributed by atoms with E-state index in [1.807, 2.05) is 30.3 Å². The Balaban J connectivity index is 2.34. The van der Waals surface area contributed by atoms with E-state index in [2.05, 4.69) is 5.32 Å². The molecule has 0 spiro atoms. The first-order valence-electron chi connectivity index (χ1n) is 5.82. The average molecular weight is 250 g/mol. The van der Waals surface area contributed by atoms with Crippen molar-refractivity contribution in [3.8, 4) is 0 Å². The Morgan fingerprint density at radius 2 is 1.94 bits per heavy atom. The lowest BCUT2D eigenvalue weighted by Crippen LogP contribution is -2.40. The molecule has 0 heterocycles. The molecule has 0 fully saturated rings. The van der Waals surface area contributed by atoms with E-state index in [1.54, 1.807) is 14.0 Å². The molecule has 5 heteroatoms. The molecule has 0 saturated carbocycles. The third kappa shape index (κ3) is 4.86. The predicted octanol–water partition coefficient (Wildman–Crippen LogP) is 1.39. The summed E-state index contributed by atoms with van der Waals surface area (Å²) in [4.78, 5) is 24.1. The number of carbonyl (C=O) groups is 2. The largest absolute Gasteiger partial charge is 0.465 e. The molecule has 0 radical (unpaired) electrons. The topological polar surface area (TPSA) is 58.6 Å². The minimum absolute atomic E-state index is 0.0472. The average Bonchev–Trinajstić information content (AvgIpc) is 2.37. The van der Waals surface area contributed by atoms with Gasteiger partial charge in [-0.2, -0.15) is 0 Å². The maximum atomic E-state index is 11.7. The van der Waals surface area contributed by atoms with Crippen LogP contribution in [0.15, 0.2) is 30.3 Å². The molecule has 5 nitrogen and oxygen atoms in total. The van der Waals surface area contributed by atoms with Crippen LogP contribution in [0.2, 0.25) is 0 Å². The fraction of sp³-hybridized carbons (Fsp3) is 0.385. The molecule has 2 amide bonds. The summed E-state index contributed by atoms with van der Waals surface area (Å²) in [6.45, 7) is 2.44. The predicted molar refractivity (Wildman–Crippen MR) is 67.9 cm³/mol. The van der Waals surface area contributed by atoms with Crippen molar-refractivity contribution in [3.05, 3.63) is 35.9 Å². The van der Waals surface area contributed by atoms with Crippen LogP contribution in [0.25, 0.3) is 0 Å². The van der Waals surface area contributed by atoms with Gasteiger partial charge in [0.2, 0.25) is 0 Å². The summed E-state index contributed by atoms with van der Waals surface area (Å²) in [5, 5.41) is 2.73. The summed E-state index contributed by atoms with van der Waals surface area (Å²) in [7, 11) is 1.55. The van der Waals surface area contributed by atoms with E-state index in [0.717, 1.165) is 5.56 Å². The van der Waals surface area contributed by atoms with E-state index in [-0.39, 0.29) is 12.6 Å². The van der Waals surface area contributed by atoms with Crippen molar-refractivity contribution in [3.63, 3.8) is 0 Å². The van der Waals surface area contributed by atoms with Gasteiger partial charge in [0.25, 0.3) is 0 Å². The number of benzene rings is 1. The van der Waals surface area contributed by atoms with Crippen LogP contribution < -0.4 is 5.32 Å². The van der Waals surface area contributed by atoms with E-state index in [1.165, 1.54) is 4.90 Å². The van der Waals surface area contributed by atoms with Crippen LogP contribution in [0.4, 0.5) is 4.79 Å². The Hall–Kier alpha value is -2.04. The van der Waals surface area contributed by atoms with E-state index >= 15 is 0 Å². The second kappa shape index (κ2) is 7.32. The fourth-order valence-corrected chi connectivity index (χ4v) is 1.38. The van der Waals surface area contributed by atoms with E-state index in [0.29, 0.717) is 13.2 Å². The van der Waals surface area contributed by atoms with Gasteiger partial charge in [-0.05, 0) is 12.5 Å². The monoisotopic (exact) mass is 250 g/mol. The van der Waals surface area contributed by atoms with Gasteiger partial charge in [-0.25, -0.2) is 4.79 Å². The first-order chi connectivity index (χ1) is 8.63. The molecule has 0 aliphatic rings. The summed E-state index contributed by atoms with van der Waals surface area (Å²) >= 11 is 0. The van der Waals surface area contributed by atoms with Gasteiger partial charge in [0.1, 0.15) is 6.54 Å². The molecule has 98 valence electrons. The van der Waals surface area contributed by atoms with Crippen molar-refractivity contribution in [1.82, 2.24) is 10.2 Å². The number of rotatable bonds is 5. The van der Waals surface area contributed by atoms with Gasteiger partial charge >= 0.3 is 12.0 Å². The van der Waals surface area contributed by atoms with Crippen LogP contribution in [0.5, 0.6) is 0 Å². The molecule has 1 aromatic rings. The van der Waals surface area contributed by atoms with Crippen molar-refractivity contribution in [2.75, 3.05) is 20.2 Å². The van der Waals surface area contributed by atoms with Gasteiger partial charge in [-0.1, -0.05) is 30.3 Å². The highest BCUT2D eigenvalue weighted by atomic mass is 16.5. The molecule has 0 aliphatic heterocycles. The van der Waals surface area contributed by atoms with Crippen LogP contribution in [-0.2, 0) is 16.1 Å². The zero-order valence-corrected chi connectivity index (χ0v) is 10.7. The van der Waals surface area contributed by atoms with Crippen molar-refractivity contribution < 1.29 is 14.3 Å². The summed E-state index contributed by atoms with van der Waals surface area (Å²) in [5.41, 5.74) is 1.01. The lowest BCUT2D eigenvalue weighted by atomic mass is 10.2. The van der Waals surface area contributed by atoms with E-state index in [4.69, 9.17) is 4.74 Å². The summed E-state index contributed by atoms with van der Waals surface area (Å²) in [5.74, 6) is -0.408. The van der Waals surface area contributed by atoms with Gasteiger partial charge < -0.3 is 15.0 Å². The van der Waals surface area contributed by atoms with Crippen LogP contribution in [0.1, 0.15) is 12.5 Å². The molecule has 0 atom stereocenters. The second-order valence-corrected chi connectivity index (χ2v) is 3.81. The molecule has 1 rings (SSSR count). The summed E-state index contributed by atoms with van der Waals surface area (Å²) in [6, 6.07) is 9.27. The number of hydrogen-bond acceptors (Lipinski definition) is 3. The Morgan fingerprint density at radius 3 is 2.56 bits per heavy atom. The molecule has 0 aliphatic carbocycles. The quantitative estimate of drug-likeness (QED) is 0.803. The number of nitrogens with zero attached hydrogens (tertiary/aromatic N) is 1. The molecule has 1 aromatic carbocycles. The van der Waals surface area contributed by atoms with E-state index < -0.39 is 5.97 Å². The van der Waals surface area contributed by atoms with Gasteiger partial charge in [-0.15, -0.1) is 0 Å². The second-order valence-electron chi connectivity index (χ2n) is 3.81. The number of esters is 1. The van der Waals surface area contributed by atoms with Crippen LogP contribution >= 0.6 is 0 Å². The van der Waals surface area contributed by atoms with Gasteiger partial charge in [-0.3, -0.25) is 4.79 Å². The number of nitrogens with one attached hydrogen (secondary N) is 1. The van der Waals surface area contributed by atoms with Crippen molar-refractivity contribution >= 4 is 12.0 Å². The highest BCUT2D eigenvalue weighted by Gasteiger charge is 2.12. The zero-order valence-electron chi connectivity index (χ0n) is 10.7. The van der Waals surface area contributed by atoms with Crippen LogP contribution in [0.3, 0.4) is 0 Å². The van der Waals surface area contributed by atoms with Gasteiger partial charge in [0.05, 0.1) is 6.61 Å². The standard InChI is InChI=1S/C13H18N2O3/c1-3-18-12(16)10-15(2)13(17)14-9-11-7-5-4-6-8-11/h4-8H,3,9-10H2,1-2H3,(H,14,17). The minimum Gasteiger partial charge on any atom is -0.465 e. The van der Waals surface area contributed by atoms with Crippen LogP contribution in [0, 0.1) is 0 Å². The molecule has 0 unspecified atom stereocenters. The normalized spacial score (nSPS) is 9.67. The number of carbonyl (C=O) groups excluding carboxylic acids is 2. The van der Waals surface area contributed by atoms with E-state index in [9.17, 15) is 9.59 Å². The maximum Gasteiger partial charge on any atom is 0.325 e. The number of likely N-dealkylation sites (N-methyl/N-ethyl adjacent to an activating group) is 1. The number of urea groups is 1. The summed E-state index contributed by atoms with van der Waals surface area (Å²) < 4.78 is 4.76. The van der Waals surface area contributed by atoms with Gasteiger partial charge in [0.15, 0.2) is 0 Å². The smallest absolute Gasteiger partial charge is 0.325 e. The maximum absolute atomic E-state index is 11.7. The summed E-state index contributed by atoms with van der Waals surface area (Å²) in [6.07, 6.45) is 0. The number of ether oxygens (including phenoxy) is 1. The highest BCUT2D eigenvalue weighted by Crippen LogP contribution is 1.98. The number of amides is 2. The van der Waals surface area contributed by atoms with Gasteiger partial charge in [0, 0.05) is 13.6 Å². The zero-order chi connectivity index (χ0) is 13.4. The lowest BCUT2D eigenvalue weighted by Gasteiger charge is -2.16. The molecule has 18 heavy (non-hydrogen) atoms. The first kappa shape index (κ1) is 14.0. The SMILES string of the molecule is CCOC(=O)CN(C)C(=O)NCc1ccccc1. The minimum atomic E-state index is -0.408. The Kier molecular flexibility index (Phi) is 5.70. The lowest BCUT2D eigenvalue weighted by molar-refractivity contribution is -0.143. The van der Waals surface area contributed by atoms with Crippen molar-refractivity contribution in [2.45, 2.75) is 13.5 Å². The Labute approximate surface area is 107 Å². The molecule has 0 saturated heterocycles. The highest BCUT2D eigenvalue weighted by molar-refractivity contribution is 5.80. The number of hydrogen-bond donors (Lipinski definition) is 1. The first-order valence-corrected chi connectivity index (χ1v) is 5.82. The third-order valence-corrected chi connectivity index (χ3v) is 2.30. The molecular formula is C13H18N2O3. The fourth-order valence-electron chi connectivity index (χ4n) is 1.38. The molecular weight excluding hydrogens is 232 g/mol. The molecule has 0 aromatic heterocycles. The van der Waals surface area contributed by atoms with Crippen LogP contribution in [-0.4, -0.2) is 37.1 Å². The third-order valence-electron chi connectivity index (χ3n) is 2.30. The Bertz CT molecular complexity index is 392.